The van der Waals surface area contributed by atoms with Crippen LogP contribution in [0.4, 0.5) is 4.39 Å². The Morgan fingerprint density at radius 2 is 1.97 bits per heavy atom. The van der Waals surface area contributed by atoms with Crippen LogP contribution in [0.15, 0.2) is 36.4 Å². The molecule has 0 amide bonds. The zero-order valence-electron chi connectivity index (χ0n) is 18.0. The lowest BCUT2D eigenvalue weighted by Crippen LogP contribution is -2.67. The number of aliphatic hydroxyl groups is 3. The van der Waals surface area contributed by atoms with Gasteiger partial charge >= 0.3 is 5.97 Å². The van der Waals surface area contributed by atoms with Gasteiger partial charge in [0.2, 0.25) is 11.4 Å². The summed E-state index contributed by atoms with van der Waals surface area (Å²) in [6.07, 6.45) is -5.01. The standard InChI is InChI=1S/C23H24ClFO8/c1-3-31-17-7-4-12(9-16(17)25)8-13-10-14(5-6-15(13)24)23-20(28)18(26)19(27)22(33-23,11-32-23)21(29)30-2/h4-7,9-10,18-20,26-28H,3,8,11H2,1-2H3/t18-,19-,20+,22-,23-/m0/s1. The van der Waals surface area contributed by atoms with E-state index in [1.54, 1.807) is 25.1 Å². The van der Waals surface area contributed by atoms with E-state index in [1.165, 1.54) is 18.2 Å². The van der Waals surface area contributed by atoms with Gasteiger partial charge in [0.15, 0.2) is 11.6 Å². The maximum Gasteiger partial charge on any atom is 0.343 e. The smallest absolute Gasteiger partial charge is 0.343 e. The van der Waals surface area contributed by atoms with Gasteiger partial charge in [-0.2, -0.15) is 0 Å². The predicted molar refractivity (Wildman–Crippen MR) is 113 cm³/mol. The van der Waals surface area contributed by atoms with Gasteiger partial charge in [0, 0.05) is 10.6 Å². The van der Waals surface area contributed by atoms with Crippen molar-refractivity contribution in [1.29, 1.82) is 0 Å². The average Bonchev–Trinajstić information content (AvgIpc) is 3.20. The van der Waals surface area contributed by atoms with E-state index in [1.807, 2.05) is 0 Å². The molecule has 178 valence electrons. The van der Waals surface area contributed by atoms with Gasteiger partial charge in [0.25, 0.3) is 0 Å². The molecule has 4 rings (SSSR count). The summed E-state index contributed by atoms with van der Waals surface area (Å²) in [5.41, 5.74) is -0.574. The van der Waals surface area contributed by atoms with Crippen molar-refractivity contribution in [2.45, 2.75) is 43.0 Å². The van der Waals surface area contributed by atoms with Crippen molar-refractivity contribution in [3.63, 3.8) is 0 Å². The van der Waals surface area contributed by atoms with Crippen molar-refractivity contribution < 1.29 is 43.5 Å². The van der Waals surface area contributed by atoms with Gasteiger partial charge in [-0.15, -0.1) is 0 Å². The first kappa shape index (κ1) is 23.9. The van der Waals surface area contributed by atoms with Gasteiger partial charge in [-0.1, -0.05) is 23.7 Å². The molecule has 2 bridgehead atoms. The van der Waals surface area contributed by atoms with E-state index in [2.05, 4.69) is 0 Å². The first-order valence-corrected chi connectivity index (χ1v) is 10.7. The Hall–Kier alpha value is -2.27. The van der Waals surface area contributed by atoms with Crippen molar-refractivity contribution in [3.8, 4) is 5.75 Å². The minimum Gasteiger partial charge on any atom is -0.491 e. The molecule has 2 aromatic carbocycles. The van der Waals surface area contributed by atoms with E-state index in [0.29, 0.717) is 22.8 Å². The molecule has 0 spiro atoms. The molecule has 0 unspecified atom stereocenters. The third-order valence-corrected chi connectivity index (χ3v) is 6.39. The van der Waals surface area contributed by atoms with E-state index in [0.717, 1.165) is 7.11 Å². The van der Waals surface area contributed by atoms with Gasteiger partial charge in [-0.3, -0.25) is 0 Å². The zero-order chi connectivity index (χ0) is 24.0. The minimum atomic E-state index is -2.01. The molecule has 0 saturated carbocycles. The summed E-state index contributed by atoms with van der Waals surface area (Å²) in [4.78, 5) is 12.4. The summed E-state index contributed by atoms with van der Waals surface area (Å²) < 4.78 is 35.8. The summed E-state index contributed by atoms with van der Waals surface area (Å²) in [6.45, 7) is 1.65. The fraction of sp³-hybridized carbons (Fsp3) is 0.435. The summed E-state index contributed by atoms with van der Waals surface area (Å²) >= 11 is 6.37. The number of aliphatic hydroxyl groups excluding tert-OH is 3. The van der Waals surface area contributed by atoms with Crippen molar-refractivity contribution in [2.24, 2.45) is 0 Å². The lowest BCUT2D eigenvalue weighted by Gasteiger charge is -2.45. The molecule has 5 atom stereocenters. The van der Waals surface area contributed by atoms with Gasteiger partial charge in [0.05, 0.1) is 20.3 Å². The molecule has 2 aliphatic rings. The molecule has 2 saturated heterocycles. The number of ether oxygens (including phenoxy) is 4. The van der Waals surface area contributed by atoms with Crippen LogP contribution in [-0.4, -0.2) is 65.5 Å². The van der Waals surface area contributed by atoms with Gasteiger partial charge in [-0.25, -0.2) is 9.18 Å². The highest BCUT2D eigenvalue weighted by Crippen LogP contribution is 2.50. The Kier molecular flexibility index (Phi) is 6.38. The van der Waals surface area contributed by atoms with Crippen LogP contribution < -0.4 is 4.74 Å². The second-order valence-electron chi connectivity index (χ2n) is 8.00. The number of hydrogen-bond donors (Lipinski definition) is 3. The summed E-state index contributed by atoms with van der Waals surface area (Å²) in [5, 5.41) is 32.1. The van der Waals surface area contributed by atoms with Crippen LogP contribution in [0, 0.1) is 5.82 Å². The molecule has 0 aromatic heterocycles. The largest absolute Gasteiger partial charge is 0.491 e. The number of carbonyl (C=O) groups excluding carboxylic acids is 1. The quantitative estimate of drug-likeness (QED) is 0.533. The lowest BCUT2D eigenvalue weighted by molar-refractivity contribution is -0.322. The summed E-state index contributed by atoms with van der Waals surface area (Å²) in [6, 6.07) is 9.22. The Labute approximate surface area is 194 Å². The van der Waals surface area contributed by atoms with Crippen molar-refractivity contribution in [3.05, 3.63) is 63.9 Å². The highest BCUT2D eigenvalue weighted by molar-refractivity contribution is 6.31. The Morgan fingerprint density at radius 1 is 1.21 bits per heavy atom. The predicted octanol–water partition coefficient (Wildman–Crippen LogP) is 1.68. The normalized spacial score (nSPS) is 30.8. The highest BCUT2D eigenvalue weighted by atomic mass is 35.5. The van der Waals surface area contributed by atoms with Crippen molar-refractivity contribution in [2.75, 3.05) is 20.3 Å². The average molecular weight is 483 g/mol. The summed E-state index contributed by atoms with van der Waals surface area (Å²) in [5.74, 6) is -3.26. The summed E-state index contributed by atoms with van der Waals surface area (Å²) in [7, 11) is 1.11. The zero-order valence-corrected chi connectivity index (χ0v) is 18.7. The second kappa shape index (κ2) is 8.83. The second-order valence-corrected chi connectivity index (χ2v) is 8.41. The van der Waals surface area contributed by atoms with Crippen LogP contribution in [0.1, 0.15) is 23.6 Å². The van der Waals surface area contributed by atoms with Gasteiger partial charge < -0.3 is 34.3 Å². The fourth-order valence-electron chi connectivity index (χ4n) is 4.29. The maximum absolute atomic E-state index is 14.3. The molecular weight excluding hydrogens is 459 g/mol. The number of esters is 1. The Balaban J connectivity index is 1.70. The number of halogens is 2. The number of fused-ring (bicyclic) bond motifs is 2. The number of rotatable bonds is 6. The molecule has 3 N–H and O–H groups in total. The highest BCUT2D eigenvalue weighted by Gasteiger charge is 2.70. The van der Waals surface area contributed by atoms with E-state index < -0.39 is 48.1 Å². The van der Waals surface area contributed by atoms with Crippen LogP contribution in [-0.2, 0) is 31.2 Å². The first-order valence-electron chi connectivity index (χ1n) is 10.4. The van der Waals surface area contributed by atoms with E-state index >= 15 is 0 Å². The first-order chi connectivity index (χ1) is 15.7. The molecule has 8 nitrogen and oxygen atoms in total. The van der Waals surface area contributed by atoms with E-state index in [4.69, 9.17) is 30.5 Å². The molecule has 10 heteroatoms. The van der Waals surface area contributed by atoms with Crippen LogP contribution in [0.2, 0.25) is 5.02 Å². The molecular formula is C23H24ClFO8. The van der Waals surface area contributed by atoms with E-state index in [-0.39, 0.29) is 17.7 Å². The molecule has 2 heterocycles. The van der Waals surface area contributed by atoms with Gasteiger partial charge in [-0.05, 0) is 48.7 Å². The minimum absolute atomic E-state index is 0.143. The van der Waals surface area contributed by atoms with Crippen molar-refractivity contribution in [1.82, 2.24) is 0 Å². The molecule has 33 heavy (non-hydrogen) atoms. The maximum atomic E-state index is 14.3. The monoisotopic (exact) mass is 482 g/mol. The number of hydrogen-bond acceptors (Lipinski definition) is 8. The Morgan fingerprint density at radius 3 is 2.64 bits per heavy atom. The van der Waals surface area contributed by atoms with Crippen molar-refractivity contribution >= 4 is 17.6 Å². The van der Waals surface area contributed by atoms with E-state index in [9.17, 15) is 24.5 Å². The molecule has 2 aliphatic heterocycles. The molecule has 0 aliphatic carbocycles. The van der Waals surface area contributed by atoms with Crippen LogP contribution >= 0.6 is 11.6 Å². The third kappa shape index (κ3) is 3.78. The third-order valence-electron chi connectivity index (χ3n) is 6.02. The molecule has 2 aromatic rings. The Bertz CT molecular complexity index is 1060. The molecule has 2 fully saturated rings. The van der Waals surface area contributed by atoms with Gasteiger partial charge in [0.1, 0.15) is 18.3 Å². The van der Waals surface area contributed by atoms with Crippen LogP contribution in [0.25, 0.3) is 0 Å². The number of methoxy groups -OCH3 is 1. The fourth-order valence-corrected chi connectivity index (χ4v) is 4.47. The van der Waals surface area contributed by atoms with Crippen LogP contribution in [0.5, 0.6) is 5.75 Å². The number of carbonyl (C=O) groups is 1. The lowest BCUT2D eigenvalue weighted by atomic mass is 9.83. The van der Waals surface area contributed by atoms with Crippen LogP contribution in [0.3, 0.4) is 0 Å². The SMILES string of the molecule is CCOc1ccc(Cc2cc([C@]34OC[C@](C(=O)OC)(O3)[C@@H](O)[C@H](O)[C@H]4O)ccc2Cl)cc1F. The number of benzene rings is 2. The molecule has 0 radical (unpaired) electrons. The topological polar surface area (TPSA) is 115 Å².